The maximum atomic E-state index is 9.46. The molecule has 16 heavy (non-hydrogen) atoms. The van der Waals surface area contributed by atoms with Gasteiger partial charge in [0.1, 0.15) is 6.10 Å². The van der Waals surface area contributed by atoms with Gasteiger partial charge in [0.2, 0.25) is 0 Å². The van der Waals surface area contributed by atoms with Crippen molar-refractivity contribution in [3.63, 3.8) is 0 Å². The molecule has 1 aromatic carbocycles. The van der Waals surface area contributed by atoms with Crippen LogP contribution in [0.15, 0.2) is 30.3 Å². The van der Waals surface area contributed by atoms with Crippen molar-refractivity contribution in [3.05, 3.63) is 35.9 Å². The number of benzene rings is 1. The quantitative estimate of drug-likeness (QED) is 0.744. The van der Waals surface area contributed by atoms with E-state index in [9.17, 15) is 9.79 Å². The van der Waals surface area contributed by atoms with Crippen LogP contribution in [0.4, 0.5) is 0 Å². The number of rotatable bonds is 1. The van der Waals surface area contributed by atoms with E-state index in [4.69, 9.17) is 9.05 Å². The molecule has 1 fully saturated rings. The van der Waals surface area contributed by atoms with Crippen LogP contribution in [0.2, 0.25) is 0 Å². The van der Waals surface area contributed by atoms with Gasteiger partial charge < -0.3 is 9.79 Å². The third-order valence-corrected chi connectivity index (χ3v) is 3.61. The smallest absolute Gasteiger partial charge is 0.314 e. The van der Waals surface area contributed by atoms with Crippen LogP contribution in [0.1, 0.15) is 25.5 Å². The summed E-state index contributed by atoms with van der Waals surface area (Å²) in [5.74, 6) is 0. The van der Waals surface area contributed by atoms with Crippen LogP contribution >= 0.6 is 8.17 Å². The monoisotopic (exact) mass is 243 g/mol. The molecule has 1 heterocycles. The Bertz CT molecular complexity index is 364. The van der Waals surface area contributed by atoms with Crippen molar-refractivity contribution in [2.24, 2.45) is 5.41 Å². The molecule has 1 aliphatic heterocycles. The van der Waals surface area contributed by atoms with E-state index in [0.717, 1.165) is 5.56 Å². The van der Waals surface area contributed by atoms with Crippen LogP contribution in [0.3, 0.4) is 0 Å². The standard InChI is InChI=1S/C11H16O4P/c1-11(2)8-14-16(12,13)15-10(11)9-6-4-3-5-7-9/h3-7,10,12-13H,8H2,1-2H3. The summed E-state index contributed by atoms with van der Waals surface area (Å²) in [5.41, 5.74) is 0.652. The lowest BCUT2D eigenvalue weighted by Crippen LogP contribution is -2.34. The predicted octanol–water partition coefficient (Wildman–Crippen LogP) is 2.46. The highest BCUT2D eigenvalue weighted by atomic mass is 31.2. The van der Waals surface area contributed by atoms with Crippen molar-refractivity contribution in [2.75, 3.05) is 6.61 Å². The Balaban J connectivity index is 2.30. The molecule has 1 aliphatic rings. The maximum Gasteiger partial charge on any atom is 0.375 e. The Morgan fingerprint density at radius 2 is 1.88 bits per heavy atom. The molecule has 4 nitrogen and oxygen atoms in total. The summed E-state index contributed by atoms with van der Waals surface area (Å²) in [6.07, 6.45) is -0.356. The topological polar surface area (TPSA) is 58.9 Å². The zero-order chi connectivity index (χ0) is 11.8. The highest BCUT2D eigenvalue weighted by molar-refractivity contribution is 7.54. The van der Waals surface area contributed by atoms with E-state index in [-0.39, 0.29) is 18.1 Å². The lowest BCUT2D eigenvalue weighted by molar-refractivity contribution is -0.0632. The summed E-state index contributed by atoms with van der Waals surface area (Å²) in [4.78, 5) is 18.9. The van der Waals surface area contributed by atoms with Gasteiger partial charge in [-0.3, -0.25) is 9.05 Å². The molecule has 1 unspecified atom stereocenters. The van der Waals surface area contributed by atoms with Crippen LogP contribution in [0, 0.1) is 5.41 Å². The zero-order valence-electron chi connectivity index (χ0n) is 9.33. The predicted molar refractivity (Wildman–Crippen MR) is 61.4 cm³/mol. The van der Waals surface area contributed by atoms with Gasteiger partial charge in [-0.15, -0.1) is 0 Å². The van der Waals surface area contributed by atoms with E-state index in [0.29, 0.717) is 0 Å². The van der Waals surface area contributed by atoms with Gasteiger partial charge in [0, 0.05) is 5.41 Å². The molecular weight excluding hydrogens is 227 g/mol. The lowest BCUT2D eigenvalue weighted by Gasteiger charge is -2.43. The fourth-order valence-corrected chi connectivity index (χ4v) is 3.02. The molecule has 1 aromatic rings. The van der Waals surface area contributed by atoms with E-state index >= 15 is 0 Å². The molecule has 1 radical (unpaired) electrons. The van der Waals surface area contributed by atoms with E-state index in [1.807, 2.05) is 44.2 Å². The highest BCUT2D eigenvalue weighted by Crippen LogP contribution is 2.63. The van der Waals surface area contributed by atoms with Gasteiger partial charge in [0.05, 0.1) is 6.61 Å². The SMILES string of the molecule is CC1(C)CO[P](O)(O)OC1c1ccccc1. The Morgan fingerprint density at radius 1 is 1.25 bits per heavy atom. The number of hydrogen-bond acceptors (Lipinski definition) is 4. The van der Waals surface area contributed by atoms with Crippen molar-refractivity contribution in [1.29, 1.82) is 0 Å². The second-order valence-electron chi connectivity index (χ2n) is 4.65. The van der Waals surface area contributed by atoms with E-state index < -0.39 is 8.17 Å². The molecule has 2 N–H and O–H groups in total. The maximum absolute atomic E-state index is 9.46. The first-order valence-corrected chi connectivity index (χ1v) is 6.66. The van der Waals surface area contributed by atoms with Crippen LogP contribution in [-0.4, -0.2) is 16.4 Å². The number of hydrogen-bond donors (Lipinski definition) is 2. The van der Waals surface area contributed by atoms with Crippen molar-refractivity contribution in [3.8, 4) is 0 Å². The molecule has 0 amide bonds. The zero-order valence-corrected chi connectivity index (χ0v) is 10.2. The Morgan fingerprint density at radius 3 is 2.50 bits per heavy atom. The second-order valence-corrected chi connectivity index (χ2v) is 6.10. The van der Waals surface area contributed by atoms with Crippen molar-refractivity contribution >= 4 is 8.17 Å². The van der Waals surface area contributed by atoms with E-state index in [1.54, 1.807) is 0 Å². The van der Waals surface area contributed by atoms with Gasteiger partial charge in [-0.25, -0.2) is 0 Å². The minimum Gasteiger partial charge on any atom is -0.314 e. The largest absolute Gasteiger partial charge is 0.375 e. The fraction of sp³-hybridized carbons (Fsp3) is 0.455. The first-order valence-electron chi connectivity index (χ1n) is 5.13. The van der Waals surface area contributed by atoms with Crippen LogP contribution in [-0.2, 0) is 9.05 Å². The van der Waals surface area contributed by atoms with Gasteiger partial charge in [-0.05, 0) is 5.56 Å². The summed E-state index contributed by atoms with van der Waals surface area (Å²) in [6, 6.07) is 9.55. The third-order valence-electron chi connectivity index (χ3n) is 2.66. The molecule has 0 saturated carbocycles. The Labute approximate surface area is 95.5 Å². The summed E-state index contributed by atoms with van der Waals surface area (Å²) < 4.78 is 10.2. The average molecular weight is 243 g/mol. The summed E-state index contributed by atoms with van der Waals surface area (Å²) in [6.45, 7) is 4.22. The molecule has 0 spiro atoms. The normalized spacial score (nSPS) is 27.6. The van der Waals surface area contributed by atoms with Gasteiger partial charge in [0.25, 0.3) is 0 Å². The molecule has 0 aromatic heterocycles. The lowest BCUT2D eigenvalue weighted by atomic mass is 9.83. The van der Waals surface area contributed by atoms with Crippen LogP contribution < -0.4 is 0 Å². The van der Waals surface area contributed by atoms with Crippen molar-refractivity contribution < 1.29 is 18.8 Å². The van der Waals surface area contributed by atoms with Crippen LogP contribution in [0.25, 0.3) is 0 Å². The van der Waals surface area contributed by atoms with Crippen molar-refractivity contribution in [2.45, 2.75) is 20.0 Å². The minimum absolute atomic E-state index is 0.271. The van der Waals surface area contributed by atoms with Gasteiger partial charge in [-0.1, -0.05) is 44.2 Å². The third kappa shape index (κ3) is 2.42. The van der Waals surface area contributed by atoms with Crippen molar-refractivity contribution in [1.82, 2.24) is 0 Å². The summed E-state index contributed by atoms with van der Waals surface area (Å²) in [5, 5.41) is 0. The summed E-state index contributed by atoms with van der Waals surface area (Å²) in [7, 11) is -3.64. The van der Waals surface area contributed by atoms with E-state index in [2.05, 4.69) is 0 Å². The molecule has 0 aliphatic carbocycles. The highest BCUT2D eigenvalue weighted by Gasteiger charge is 2.45. The van der Waals surface area contributed by atoms with Crippen LogP contribution in [0.5, 0.6) is 0 Å². The minimum atomic E-state index is -3.64. The molecule has 2 rings (SSSR count). The molecule has 0 bridgehead atoms. The fourth-order valence-electron chi connectivity index (χ4n) is 1.78. The first kappa shape index (κ1) is 12.0. The summed E-state index contributed by atoms with van der Waals surface area (Å²) >= 11 is 0. The van der Waals surface area contributed by atoms with Gasteiger partial charge >= 0.3 is 8.17 Å². The molecular formula is C11H16O4P. The second kappa shape index (κ2) is 4.06. The van der Waals surface area contributed by atoms with E-state index in [1.165, 1.54) is 0 Å². The Kier molecular flexibility index (Phi) is 3.03. The molecule has 89 valence electrons. The molecule has 5 heteroatoms. The first-order chi connectivity index (χ1) is 7.41. The van der Waals surface area contributed by atoms with Gasteiger partial charge in [-0.2, -0.15) is 0 Å². The molecule has 1 saturated heterocycles. The van der Waals surface area contributed by atoms with Gasteiger partial charge in [0.15, 0.2) is 0 Å². The Hall–Kier alpha value is -0.510. The average Bonchev–Trinajstić information content (AvgIpc) is 2.24. The molecule has 1 atom stereocenters.